The average Bonchev–Trinajstić information content (AvgIpc) is 2.56. The molecule has 23 heavy (non-hydrogen) atoms. The number of nitrogens with one attached hydrogen (secondary N) is 1. The van der Waals surface area contributed by atoms with Crippen molar-refractivity contribution in [2.45, 2.75) is 13.3 Å². The van der Waals surface area contributed by atoms with Gasteiger partial charge in [0.25, 0.3) is 0 Å². The smallest absolute Gasteiger partial charge is 0.317 e. The van der Waals surface area contributed by atoms with Gasteiger partial charge in [0, 0.05) is 19.6 Å². The van der Waals surface area contributed by atoms with E-state index in [4.69, 9.17) is 9.47 Å². The molecule has 5 nitrogen and oxygen atoms in total. The lowest BCUT2D eigenvalue weighted by atomic mass is 10.1. The summed E-state index contributed by atoms with van der Waals surface area (Å²) in [4.78, 5) is 13.7. The van der Waals surface area contributed by atoms with E-state index in [1.807, 2.05) is 25.1 Å². The van der Waals surface area contributed by atoms with Gasteiger partial charge in [-0.1, -0.05) is 18.2 Å². The van der Waals surface area contributed by atoms with E-state index < -0.39 is 0 Å². The maximum Gasteiger partial charge on any atom is 0.317 e. The van der Waals surface area contributed by atoms with Gasteiger partial charge >= 0.3 is 6.03 Å². The molecule has 0 bridgehead atoms. The fourth-order valence-electron chi connectivity index (χ4n) is 2.12. The average molecular weight is 318 g/mol. The molecule has 0 aromatic heterocycles. The molecule has 0 radical (unpaired) electrons. The molecule has 1 N–H and O–H groups in total. The fraction of sp³-hybridized carbons (Fsp3) is 0.389. The van der Waals surface area contributed by atoms with E-state index in [1.54, 1.807) is 24.2 Å². The van der Waals surface area contributed by atoms with Crippen molar-refractivity contribution >= 4 is 6.03 Å². The summed E-state index contributed by atoms with van der Waals surface area (Å²) in [5.41, 5.74) is 1.07. The highest BCUT2D eigenvalue weighted by Gasteiger charge is 2.10. The Morgan fingerprint density at radius 1 is 1.26 bits per heavy atom. The first-order valence-corrected chi connectivity index (χ1v) is 7.70. The first-order valence-electron chi connectivity index (χ1n) is 7.70. The molecular formula is C18H26N2O3. The third-order valence-corrected chi connectivity index (χ3v) is 3.20. The van der Waals surface area contributed by atoms with Crippen LogP contribution in [0.15, 0.2) is 43.5 Å². The van der Waals surface area contributed by atoms with Gasteiger partial charge < -0.3 is 19.7 Å². The van der Waals surface area contributed by atoms with Crippen LogP contribution in [0, 0.1) is 0 Å². The van der Waals surface area contributed by atoms with Crippen LogP contribution in [0.25, 0.3) is 0 Å². The first-order chi connectivity index (χ1) is 11.2. The van der Waals surface area contributed by atoms with Crippen molar-refractivity contribution in [3.8, 4) is 11.5 Å². The molecule has 0 atom stereocenters. The van der Waals surface area contributed by atoms with E-state index in [-0.39, 0.29) is 6.03 Å². The van der Waals surface area contributed by atoms with Crippen molar-refractivity contribution < 1.29 is 14.3 Å². The molecule has 1 rings (SSSR count). The minimum Gasteiger partial charge on any atom is -0.493 e. The highest BCUT2D eigenvalue weighted by atomic mass is 16.5. The zero-order valence-electron chi connectivity index (χ0n) is 14.0. The van der Waals surface area contributed by atoms with E-state index in [2.05, 4.69) is 18.5 Å². The number of amides is 2. The standard InChI is InChI=1S/C18H26N2O3/c1-5-12-20(13-6-2)18(21)19-11-10-15-8-9-16(23-7-3)17(14-15)22-4/h5-6,8-9,14H,1-2,7,10-13H2,3-4H3,(H,19,21). The van der Waals surface area contributed by atoms with Gasteiger partial charge in [-0.05, 0) is 31.0 Å². The summed E-state index contributed by atoms with van der Waals surface area (Å²) in [6.45, 7) is 11.4. The molecule has 0 saturated heterocycles. The summed E-state index contributed by atoms with van der Waals surface area (Å²) in [5.74, 6) is 1.43. The van der Waals surface area contributed by atoms with Crippen LogP contribution >= 0.6 is 0 Å². The SMILES string of the molecule is C=CCN(CC=C)C(=O)NCCc1ccc(OCC)c(OC)c1. The van der Waals surface area contributed by atoms with Gasteiger partial charge in [0.15, 0.2) is 11.5 Å². The molecule has 0 saturated carbocycles. The van der Waals surface area contributed by atoms with E-state index in [1.165, 1.54) is 0 Å². The van der Waals surface area contributed by atoms with E-state index in [0.717, 1.165) is 11.3 Å². The van der Waals surface area contributed by atoms with Crippen LogP contribution in [-0.4, -0.2) is 44.3 Å². The van der Waals surface area contributed by atoms with E-state index in [9.17, 15) is 4.79 Å². The minimum atomic E-state index is -0.122. The summed E-state index contributed by atoms with van der Waals surface area (Å²) in [7, 11) is 1.62. The Bertz CT molecular complexity index is 519. The molecule has 0 heterocycles. The Hall–Kier alpha value is -2.43. The predicted molar refractivity (Wildman–Crippen MR) is 93.2 cm³/mol. The molecule has 1 aromatic rings. The van der Waals surface area contributed by atoms with Crippen molar-refractivity contribution in [3.05, 3.63) is 49.1 Å². The molecule has 2 amide bonds. The van der Waals surface area contributed by atoms with Gasteiger partial charge in [-0.25, -0.2) is 4.79 Å². The Morgan fingerprint density at radius 3 is 2.52 bits per heavy atom. The van der Waals surface area contributed by atoms with Crippen molar-refractivity contribution in [2.24, 2.45) is 0 Å². The molecule has 0 spiro atoms. The van der Waals surface area contributed by atoms with Crippen LogP contribution in [0.2, 0.25) is 0 Å². The number of carbonyl (C=O) groups is 1. The molecule has 0 fully saturated rings. The monoisotopic (exact) mass is 318 g/mol. The van der Waals surface area contributed by atoms with Gasteiger partial charge in [0.1, 0.15) is 0 Å². The number of ether oxygens (including phenoxy) is 2. The molecule has 1 aromatic carbocycles. The quantitative estimate of drug-likeness (QED) is 0.675. The lowest BCUT2D eigenvalue weighted by Crippen LogP contribution is -2.40. The number of carbonyl (C=O) groups excluding carboxylic acids is 1. The summed E-state index contributed by atoms with van der Waals surface area (Å²) in [6, 6.07) is 5.68. The summed E-state index contributed by atoms with van der Waals surface area (Å²) in [6.07, 6.45) is 4.10. The number of hydrogen-bond acceptors (Lipinski definition) is 3. The summed E-state index contributed by atoms with van der Waals surface area (Å²) < 4.78 is 10.8. The van der Waals surface area contributed by atoms with Crippen LogP contribution in [0.3, 0.4) is 0 Å². The van der Waals surface area contributed by atoms with Crippen molar-refractivity contribution in [1.29, 1.82) is 0 Å². The summed E-state index contributed by atoms with van der Waals surface area (Å²) >= 11 is 0. The highest BCUT2D eigenvalue weighted by molar-refractivity contribution is 5.74. The largest absolute Gasteiger partial charge is 0.493 e. The number of methoxy groups -OCH3 is 1. The van der Waals surface area contributed by atoms with E-state index in [0.29, 0.717) is 38.4 Å². The topological polar surface area (TPSA) is 50.8 Å². The van der Waals surface area contributed by atoms with Crippen molar-refractivity contribution in [3.63, 3.8) is 0 Å². The Kier molecular flexibility index (Phi) is 8.36. The molecule has 5 heteroatoms. The molecule has 0 unspecified atom stereocenters. The molecule has 0 aliphatic carbocycles. The predicted octanol–water partition coefficient (Wildman–Crippen LogP) is 3.02. The van der Waals surface area contributed by atoms with Crippen LogP contribution in [0.4, 0.5) is 4.79 Å². The highest BCUT2D eigenvalue weighted by Crippen LogP contribution is 2.28. The number of rotatable bonds is 10. The number of hydrogen-bond donors (Lipinski definition) is 1. The maximum absolute atomic E-state index is 12.1. The van der Waals surface area contributed by atoms with Crippen molar-refractivity contribution in [2.75, 3.05) is 33.4 Å². The van der Waals surface area contributed by atoms with Gasteiger partial charge in [0.2, 0.25) is 0 Å². The summed E-state index contributed by atoms with van der Waals surface area (Å²) in [5, 5.41) is 2.90. The second-order valence-electron chi connectivity index (χ2n) is 4.88. The Morgan fingerprint density at radius 2 is 1.96 bits per heavy atom. The third-order valence-electron chi connectivity index (χ3n) is 3.20. The zero-order valence-corrected chi connectivity index (χ0v) is 14.0. The first kappa shape index (κ1) is 18.6. The minimum absolute atomic E-state index is 0.122. The fourth-order valence-corrected chi connectivity index (χ4v) is 2.12. The van der Waals surface area contributed by atoms with Crippen LogP contribution in [0.5, 0.6) is 11.5 Å². The maximum atomic E-state index is 12.1. The van der Waals surface area contributed by atoms with Crippen molar-refractivity contribution in [1.82, 2.24) is 10.2 Å². The van der Waals surface area contributed by atoms with Gasteiger partial charge in [0.05, 0.1) is 13.7 Å². The number of urea groups is 1. The molecule has 0 aliphatic heterocycles. The molecule has 0 aliphatic rings. The van der Waals surface area contributed by atoms with Crippen LogP contribution < -0.4 is 14.8 Å². The second-order valence-corrected chi connectivity index (χ2v) is 4.88. The molecular weight excluding hydrogens is 292 g/mol. The lowest BCUT2D eigenvalue weighted by molar-refractivity contribution is 0.208. The normalized spacial score (nSPS) is 9.83. The lowest BCUT2D eigenvalue weighted by Gasteiger charge is -2.20. The number of benzene rings is 1. The van der Waals surface area contributed by atoms with Gasteiger partial charge in [-0.15, -0.1) is 13.2 Å². The van der Waals surface area contributed by atoms with Gasteiger partial charge in [-0.2, -0.15) is 0 Å². The van der Waals surface area contributed by atoms with Crippen LogP contribution in [-0.2, 0) is 6.42 Å². The Balaban J connectivity index is 2.56. The van der Waals surface area contributed by atoms with Crippen LogP contribution in [0.1, 0.15) is 12.5 Å². The third kappa shape index (κ3) is 6.06. The van der Waals surface area contributed by atoms with E-state index >= 15 is 0 Å². The van der Waals surface area contributed by atoms with Gasteiger partial charge in [-0.3, -0.25) is 0 Å². The number of nitrogens with zero attached hydrogens (tertiary/aromatic N) is 1. The second kappa shape index (κ2) is 10.3. The molecule has 126 valence electrons. The Labute approximate surface area is 138 Å². The zero-order chi connectivity index (χ0) is 17.1.